The Morgan fingerprint density at radius 3 is 2.41 bits per heavy atom. The molecular weight excluding hydrogens is 351 g/mol. The quantitative estimate of drug-likeness (QED) is 0.885. The summed E-state index contributed by atoms with van der Waals surface area (Å²) in [5, 5.41) is 0. The lowest BCUT2D eigenvalue weighted by Crippen LogP contribution is -2.14. The maximum Gasteiger partial charge on any atom is 0.123 e. The second-order valence-electron chi connectivity index (χ2n) is 3.55. The lowest BCUT2D eigenvalue weighted by molar-refractivity contribution is 0.626. The Morgan fingerprint density at radius 1 is 1.18 bits per heavy atom. The fourth-order valence-corrected chi connectivity index (χ4v) is 2.72. The van der Waals surface area contributed by atoms with Crippen LogP contribution in [0.1, 0.15) is 17.3 Å². The molecule has 5 heteroatoms. The number of aromatic nitrogens is 1. The lowest BCUT2D eigenvalue weighted by atomic mass is 10.0. The molecule has 0 fully saturated rings. The Bertz CT molecular complexity index is 529. The molecule has 0 saturated carbocycles. The average Bonchev–Trinajstić information content (AvgIpc) is 2.29. The van der Waals surface area contributed by atoms with Crippen LogP contribution in [0.3, 0.4) is 0 Å². The first-order valence-electron chi connectivity index (χ1n) is 4.90. The van der Waals surface area contributed by atoms with Crippen LogP contribution in [0.5, 0.6) is 0 Å². The number of pyridine rings is 1. The number of nitrogens with zero attached hydrogens (tertiary/aromatic N) is 1. The molecule has 0 amide bonds. The van der Waals surface area contributed by atoms with Crippen LogP contribution in [0.4, 0.5) is 4.39 Å². The number of halogens is 3. The number of rotatable bonds is 2. The fraction of sp³-hybridized carbons (Fsp3) is 0.0833. The van der Waals surface area contributed by atoms with Crippen molar-refractivity contribution in [3.63, 3.8) is 0 Å². The molecule has 0 radical (unpaired) electrons. The maximum absolute atomic E-state index is 12.8. The summed E-state index contributed by atoms with van der Waals surface area (Å²) in [6.07, 6.45) is 1.68. The summed E-state index contributed by atoms with van der Waals surface area (Å²) in [5.41, 5.74) is 7.63. The summed E-state index contributed by atoms with van der Waals surface area (Å²) in [7, 11) is 0. The molecule has 0 saturated heterocycles. The summed E-state index contributed by atoms with van der Waals surface area (Å²) in [6, 6.07) is 7.61. The highest BCUT2D eigenvalue weighted by Gasteiger charge is 2.14. The maximum atomic E-state index is 12.8. The molecule has 17 heavy (non-hydrogen) atoms. The van der Waals surface area contributed by atoms with Gasteiger partial charge in [0.15, 0.2) is 0 Å². The van der Waals surface area contributed by atoms with Crippen molar-refractivity contribution < 1.29 is 4.39 Å². The van der Waals surface area contributed by atoms with Gasteiger partial charge in [-0.1, -0.05) is 12.1 Å². The number of benzene rings is 1. The Morgan fingerprint density at radius 2 is 1.82 bits per heavy atom. The first kappa shape index (κ1) is 12.7. The van der Waals surface area contributed by atoms with Gasteiger partial charge in [0.25, 0.3) is 0 Å². The van der Waals surface area contributed by atoms with Crippen LogP contribution in [0.2, 0.25) is 0 Å². The van der Waals surface area contributed by atoms with Crippen molar-refractivity contribution in [1.82, 2.24) is 4.98 Å². The van der Waals surface area contributed by atoms with Crippen LogP contribution in [-0.4, -0.2) is 4.98 Å². The van der Waals surface area contributed by atoms with E-state index in [-0.39, 0.29) is 11.9 Å². The Labute approximate surface area is 115 Å². The molecule has 0 spiro atoms. The van der Waals surface area contributed by atoms with E-state index in [9.17, 15) is 4.39 Å². The highest BCUT2D eigenvalue weighted by Crippen LogP contribution is 2.27. The van der Waals surface area contributed by atoms with E-state index in [4.69, 9.17) is 5.73 Å². The van der Waals surface area contributed by atoms with E-state index in [1.54, 1.807) is 18.3 Å². The normalized spacial score (nSPS) is 12.5. The van der Waals surface area contributed by atoms with Gasteiger partial charge in [-0.05, 0) is 55.6 Å². The van der Waals surface area contributed by atoms with Gasteiger partial charge in [-0.3, -0.25) is 4.98 Å². The highest BCUT2D eigenvalue weighted by atomic mass is 79.9. The summed E-state index contributed by atoms with van der Waals surface area (Å²) in [5.74, 6) is -0.274. The summed E-state index contributed by atoms with van der Waals surface area (Å²) < 4.78 is 14.5. The van der Waals surface area contributed by atoms with Gasteiger partial charge >= 0.3 is 0 Å². The topological polar surface area (TPSA) is 38.9 Å². The monoisotopic (exact) mass is 358 g/mol. The largest absolute Gasteiger partial charge is 0.319 e. The molecule has 1 aromatic heterocycles. The molecule has 1 atom stereocenters. The number of hydrogen-bond acceptors (Lipinski definition) is 2. The minimum atomic E-state index is -0.377. The number of nitrogens with two attached hydrogens (primary N) is 1. The zero-order chi connectivity index (χ0) is 12.4. The van der Waals surface area contributed by atoms with Crippen molar-refractivity contribution in [3.8, 4) is 0 Å². The highest BCUT2D eigenvalue weighted by molar-refractivity contribution is 9.11. The van der Waals surface area contributed by atoms with Gasteiger partial charge in [-0.15, -0.1) is 0 Å². The standard InChI is InChI=1S/C12H9Br2FN2/c13-8-5-10(14)12(17-6-8)11(16)7-1-3-9(15)4-2-7/h1-6,11H,16H2. The van der Waals surface area contributed by atoms with Crippen LogP contribution in [0, 0.1) is 5.82 Å². The van der Waals surface area contributed by atoms with Gasteiger partial charge in [-0.25, -0.2) is 4.39 Å². The van der Waals surface area contributed by atoms with E-state index in [2.05, 4.69) is 36.8 Å². The van der Waals surface area contributed by atoms with Crippen molar-refractivity contribution >= 4 is 31.9 Å². The Kier molecular flexibility index (Phi) is 3.91. The van der Waals surface area contributed by atoms with Crippen molar-refractivity contribution in [2.24, 2.45) is 5.73 Å². The van der Waals surface area contributed by atoms with E-state index in [0.29, 0.717) is 0 Å². The SMILES string of the molecule is NC(c1ccc(F)cc1)c1ncc(Br)cc1Br. The van der Waals surface area contributed by atoms with E-state index in [1.165, 1.54) is 12.1 Å². The van der Waals surface area contributed by atoms with Gasteiger partial charge in [0.2, 0.25) is 0 Å². The zero-order valence-corrected chi connectivity index (χ0v) is 11.9. The van der Waals surface area contributed by atoms with Crippen molar-refractivity contribution in [3.05, 3.63) is 62.5 Å². The predicted molar refractivity (Wildman–Crippen MR) is 72.1 cm³/mol. The Hall–Kier alpha value is -0.780. The minimum Gasteiger partial charge on any atom is -0.319 e. The molecule has 0 aliphatic heterocycles. The third kappa shape index (κ3) is 2.91. The predicted octanol–water partition coefficient (Wildman–Crippen LogP) is 3.79. The smallest absolute Gasteiger partial charge is 0.123 e. The molecule has 0 bridgehead atoms. The third-order valence-corrected chi connectivity index (χ3v) is 3.43. The summed E-state index contributed by atoms with van der Waals surface area (Å²) >= 11 is 6.74. The van der Waals surface area contributed by atoms with E-state index >= 15 is 0 Å². The average molecular weight is 360 g/mol. The minimum absolute atomic E-state index is 0.274. The van der Waals surface area contributed by atoms with Gasteiger partial charge in [0.1, 0.15) is 5.82 Å². The zero-order valence-electron chi connectivity index (χ0n) is 8.70. The van der Waals surface area contributed by atoms with E-state index in [0.717, 1.165) is 20.2 Å². The van der Waals surface area contributed by atoms with Crippen molar-refractivity contribution in [1.29, 1.82) is 0 Å². The summed E-state index contributed by atoms with van der Waals surface area (Å²) in [6.45, 7) is 0. The van der Waals surface area contributed by atoms with Crippen LogP contribution < -0.4 is 5.73 Å². The molecule has 88 valence electrons. The first-order chi connectivity index (χ1) is 8.08. The van der Waals surface area contributed by atoms with Crippen LogP contribution in [0.15, 0.2) is 45.5 Å². The van der Waals surface area contributed by atoms with Gasteiger partial charge in [-0.2, -0.15) is 0 Å². The molecule has 1 unspecified atom stereocenters. The van der Waals surface area contributed by atoms with Gasteiger partial charge < -0.3 is 5.73 Å². The second kappa shape index (κ2) is 5.25. The Balaban J connectivity index is 2.36. The van der Waals surface area contributed by atoms with Crippen LogP contribution >= 0.6 is 31.9 Å². The molecule has 2 N–H and O–H groups in total. The lowest BCUT2D eigenvalue weighted by Gasteiger charge is -2.13. The second-order valence-corrected chi connectivity index (χ2v) is 5.32. The van der Waals surface area contributed by atoms with Gasteiger partial charge in [0, 0.05) is 15.1 Å². The molecule has 2 nitrogen and oxygen atoms in total. The van der Waals surface area contributed by atoms with E-state index < -0.39 is 0 Å². The molecule has 2 rings (SSSR count). The molecular formula is C12H9Br2FN2. The first-order valence-corrected chi connectivity index (χ1v) is 6.48. The van der Waals surface area contributed by atoms with E-state index in [1.807, 2.05) is 6.07 Å². The van der Waals surface area contributed by atoms with Crippen LogP contribution in [0.25, 0.3) is 0 Å². The molecule has 2 aromatic rings. The summed E-state index contributed by atoms with van der Waals surface area (Å²) in [4.78, 5) is 4.26. The molecule has 0 aliphatic rings. The molecule has 1 heterocycles. The van der Waals surface area contributed by atoms with Crippen molar-refractivity contribution in [2.45, 2.75) is 6.04 Å². The van der Waals surface area contributed by atoms with Crippen LogP contribution in [-0.2, 0) is 0 Å². The van der Waals surface area contributed by atoms with Gasteiger partial charge in [0.05, 0.1) is 11.7 Å². The third-order valence-electron chi connectivity index (χ3n) is 2.36. The molecule has 0 aliphatic carbocycles. The van der Waals surface area contributed by atoms with Crippen molar-refractivity contribution in [2.75, 3.05) is 0 Å². The molecule has 1 aromatic carbocycles. The number of hydrogen-bond donors (Lipinski definition) is 1. The fourth-order valence-electron chi connectivity index (χ4n) is 1.48.